The van der Waals surface area contributed by atoms with Gasteiger partial charge in [-0.15, -0.1) is 0 Å². The molecule has 2 heterocycles. The molecular weight excluding hydrogens is 372 g/mol. The zero-order chi connectivity index (χ0) is 20.8. The zero-order valence-corrected chi connectivity index (χ0v) is 17.2. The summed E-state index contributed by atoms with van der Waals surface area (Å²) in [7, 11) is 0. The van der Waals surface area contributed by atoms with Crippen LogP contribution < -0.4 is 5.32 Å². The summed E-state index contributed by atoms with van der Waals surface area (Å²) in [4.78, 5) is 22.0. The minimum absolute atomic E-state index is 0.0408. The van der Waals surface area contributed by atoms with E-state index in [-0.39, 0.29) is 11.8 Å². The Bertz CT molecular complexity index is 1110. The lowest BCUT2D eigenvalue weighted by atomic mass is 9.93. The Balaban J connectivity index is 1.39. The minimum Gasteiger partial charge on any atom is -0.355 e. The number of carbonyl (C=O) groups excluding carboxylic acids is 1. The summed E-state index contributed by atoms with van der Waals surface area (Å²) in [6, 6.07) is 23.9. The van der Waals surface area contributed by atoms with Crippen molar-refractivity contribution in [2.75, 3.05) is 6.54 Å². The molecule has 152 valence electrons. The van der Waals surface area contributed by atoms with Gasteiger partial charge in [-0.3, -0.25) is 9.78 Å². The molecule has 2 aromatic heterocycles. The van der Waals surface area contributed by atoms with Gasteiger partial charge in [0.1, 0.15) is 5.82 Å². The number of nitrogens with zero attached hydrogens (tertiary/aromatic N) is 3. The van der Waals surface area contributed by atoms with Crippen LogP contribution >= 0.6 is 0 Å². The molecule has 30 heavy (non-hydrogen) atoms. The predicted molar refractivity (Wildman–Crippen MR) is 119 cm³/mol. The number of benzene rings is 2. The number of hydrogen-bond acceptors (Lipinski definition) is 3. The van der Waals surface area contributed by atoms with E-state index >= 15 is 0 Å². The molecule has 1 N–H and O–H groups in total. The predicted octanol–water partition coefficient (Wildman–Crippen LogP) is 4.27. The molecule has 2 aromatic carbocycles. The van der Waals surface area contributed by atoms with Gasteiger partial charge in [0, 0.05) is 31.4 Å². The second-order valence-electron chi connectivity index (χ2n) is 7.43. The Hall–Kier alpha value is -3.47. The number of amides is 1. The Morgan fingerprint density at radius 3 is 2.57 bits per heavy atom. The molecule has 0 aliphatic carbocycles. The molecule has 0 fully saturated rings. The molecule has 1 amide bonds. The van der Waals surface area contributed by atoms with E-state index in [0.29, 0.717) is 13.0 Å². The molecular formula is C25H26N4O. The average molecular weight is 399 g/mol. The Morgan fingerprint density at radius 1 is 1.00 bits per heavy atom. The van der Waals surface area contributed by atoms with E-state index in [2.05, 4.69) is 25.9 Å². The lowest BCUT2D eigenvalue weighted by molar-refractivity contribution is -0.122. The SMILES string of the molecule is Cc1nc2ccccc2n1CCCNC(=O)C(Cc1ccccn1)c1ccccc1. The first kappa shape index (κ1) is 19.8. The summed E-state index contributed by atoms with van der Waals surface area (Å²) in [5.41, 5.74) is 4.08. The highest BCUT2D eigenvalue weighted by Crippen LogP contribution is 2.20. The summed E-state index contributed by atoms with van der Waals surface area (Å²) in [5, 5.41) is 3.13. The summed E-state index contributed by atoms with van der Waals surface area (Å²) in [5.74, 6) is 0.788. The highest BCUT2D eigenvalue weighted by atomic mass is 16.1. The lowest BCUT2D eigenvalue weighted by Gasteiger charge is -2.17. The number of carbonyl (C=O) groups is 1. The second kappa shape index (κ2) is 9.35. The van der Waals surface area contributed by atoms with E-state index < -0.39 is 0 Å². The summed E-state index contributed by atoms with van der Waals surface area (Å²) in [6.45, 7) is 3.47. The van der Waals surface area contributed by atoms with Crippen molar-refractivity contribution in [1.82, 2.24) is 19.9 Å². The maximum absolute atomic E-state index is 13.0. The van der Waals surface area contributed by atoms with Gasteiger partial charge in [0.2, 0.25) is 5.91 Å². The van der Waals surface area contributed by atoms with E-state index in [1.165, 1.54) is 0 Å². The van der Waals surface area contributed by atoms with Crippen molar-refractivity contribution in [3.05, 3.63) is 96.1 Å². The fourth-order valence-corrected chi connectivity index (χ4v) is 3.83. The first-order chi connectivity index (χ1) is 14.7. The van der Waals surface area contributed by atoms with Crippen molar-refractivity contribution in [3.63, 3.8) is 0 Å². The van der Waals surface area contributed by atoms with Crippen LogP contribution in [0.15, 0.2) is 79.0 Å². The molecule has 1 unspecified atom stereocenters. The molecule has 0 saturated heterocycles. The quantitative estimate of drug-likeness (QED) is 0.451. The van der Waals surface area contributed by atoms with Crippen LogP contribution in [0.1, 0.15) is 29.4 Å². The van der Waals surface area contributed by atoms with Crippen LogP contribution in [0.3, 0.4) is 0 Å². The van der Waals surface area contributed by atoms with Crippen molar-refractivity contribution >= 4 is 16.9 Å². The third kappa shape index (κ3) is 4.57. The Morgan fingerprint density at radius 2 is 1.77 bits per heavy atom. The van der Waals surface area contributed by atoms with Crippen molar-refractivity contribution in [2.24, 2.45) is 0 Å². The van der Waals surface area contributed by atoms with Gasteiger partial charge in [-0.05, 0) is 43.2 Å². The number of pyridine rings is 1. The van der Waals surface area contributed by atoms with Crippen LogP contribution in [-0.2, 0) is 17.8 Å². The highest BCUT2D eigenvalue weighted by Gasteiger charge is 2.21. The third-order valence-corrected chi connectivity index (χ3v) is 5.36. The van der Waals surface area contributed by atoms with Gasteiger partial charge in [0.05, 0.1) is 17.0 Å². The molecule has 0 radical (unpaired) electrons. The van der Waals surface area contributed by atoms with Crippen LogP contribution in [0.4, 0.5) is 0 Å². The fourth-order valence-electron chi connectivity index (χ4n) is 3.83. The van der Waals surface area contributed by atoms with Gasteiger partial charge in [-0.25, -0.2) is 4.98 Å². The molecule has 0 spiro atoms. The Labute approximate surface area is 176 Å². The van der Waals surface area contributed by atoms with Crippen LogP contribution in [0.25, 0.3) is 11.0 Å². The second-order valence-corrected chi connectivity index (χ2v) is 7.43. The van der Waals surface area contributed by atoms with E-state index in [9.17, 15) is 4.79 Å². The third-order valence-electron chi connectivity index (χ3n) is 5.36. The van der Waals surface area contributed by atoms with Gasteiger partial charge >= 0.3 is 0 Å². The van der Waals surface area contributed by atoms with Crippen LogP contribution in [0.5, 0.6) is 0 Å². The number of para-hydroxylation sites is 2. The van der Waals surface area contributed by atoms with Crippen LogP contribution in [0, 0.1) is 6.92 Å². The van der Waals surface area contributed by atoms with Gasteiger partial charge in [0.25, 0.3) is 0 Å². The molecule has 4 aromatic rings. The normalized spacial score (nSPS) is 12.0. The van der Waals surface area contributed by atoms with E-state index in [0.717, 1.165) is 41.1 Å². The molecule has 0 aliphatic rings. The van der Waals surface area contributed by atoms with E-state index in [1.54, 1.807) is 6.20 Å². The van der Waals surface area contributed by atoms with Gasteiger partial charge < -0.3 is 9.88 Å². The number of nitrogens with one attached hydrogen (secondary N) is 1. The van der Waals surface area contributed by atoms with Crippen molar-refractivity contribution in [1.29, 1.82) is 0 Å². The molecule has 0 bridgehead atoms. The molecule has 4 rings (SSSR count). The number of fused-ring (bicyclic) bond motifs is 1. The topological polar surface area (TPSA) is 59.8 Å². The first-order valence-electron chi connectivity index (χ1n) is 10.4. The number of hydrogen-bond donors (Lipinski definition) is 1. The van der Waals surface area contributed by atoms with Gasteiger partial charge in [-0.2, -0.15) is 0 Å². The average Bonchev–Trinajstić information content (AvgIpc) is 3.11. The first-order valence-corrected chi connectivity index (χ1v) is 10.4. The monoisotopic (exact) mass is 398 g/mol. The molecule has 1 atom stereocenters. The van der Waals surface area contributed by atoms with Crippen molar-refractivity contribution in [2.45, 2.75) is 32.2 Å². The maximum Gasteiger partial charge on any atom is 0.227 e. The number of aromatic nitrogens is 3. The molecule has 5 nitrogen and oxygen atoms in total. The molecule has 0 saturated carbocycles. The largest absolute Gasteiger partial charge is 0.355 e. The van der Waals surface area contributed by atoms with Gasteiger partial charge in [0.15, 0.2) is 0 Å². The zero-order valence-electron chi connectivity index (χ0n) is 17.2. The molecule has 5 heteroatoms. The van der Waals surface area contributed by atoms with Crippen LogP contribution in [-0.4, -0.2) is 27.0 Å². The number of rotatable bonds is 8. The van der Waals surface area contributed by atoms with Gasteiger partial charge in [-0.1, -0.05) is 48.5 Å². The van der Waals surface area contributed by atoms with Crippen LogP contribution in [0.2, 0.25) is 0 Å². The van der Waals surface area contributed by atoms with Crippen molar-refractivity contribution in [3.8, 4) is 0 Å². The minimum atomic E-state index is -0.253. The standard InChI is InChI=1S/C25H26N4O/c1-19-28-23-13-5-6-14-24(23)29(19)17-9-16-27-25(30)22(20-10-3-2-4-11-20)18-21-12-7-8-15-26-21/h2-8,10-15,22H,9,16-18H2,1H3,(H,27,30). The smallest absolute Gasteiger partial charge is 0.227 e. The highest BCUT2D eigenvalue weighted by molar-refractivity contribution is 5.84. The Kier molecular flexibility index (Phi) is 6.18. The van der Waals surface area contributed by atoms with E-state index in [4.69, 9.17) is 0 Å². The number of imidazole rings is 1. The summed E-state index contributed by atoms with van der Waals surface area (Å²) >= 11 is 0. The molecule has 0 aliphatic heterocycles. The lowest BCUT2D eigenvalue weighted by Crippen LogP contribution is -2.32. The fraction of sp³-hybridized carbons (Fsp3) is 0.240. The summed E-state index contributed by atoms with van der Waals surface area (Å²) in [6.07, 6.45) is 3.20. The summed E-state index contributed by atoms with van der Waals surface area (Å²) < 4.78 is 2.21. The maximum atomic E-state index is 13.0. The van der Waals surface area contributed by atoms with E-state index in [1.807, 2.05) is 73.7 Å². The number of aryl methyl sites for hydroxylation is 2. The van der Waals surface area contributed by atoms with Crippen molar-refractivity contribution < 1.29 is 4.79 Å².